The molecule has 4 aromatic rings. The minimum absolute atomic E-state index is 0.0840. The Balaban J connectivity index is 1.20. The molecule has 1 aliphatic carbocycles. The highest BCUT2D eigenvalue weighted by Gasteiger charge is 2.29. The number of oxazole rings is 1. The smallest absolute Gasteiger partial charge is 0.317 e. The van der Waals surface area contributed by atoms with E-state index in [2.05, 4.69) is 10.3 Å². The molecule has 1 aliphatic rings. The molecule has 1 heterocycles. The molecule has 35 heavy (non-hydrogen) atoms. The van der Waals surface area contributed by atoms with Crippen LogP contribution in [0.4, 0.5) is 5.69 Å². The summed E-state index contributed by atoms with van der Waals surface area (Å²) in [7, 11) is 0. The van der Waals surface area contributed by atoms with E-state index in [1.165, 1.54) is 25.1 Å². The molecule has 0 spiro atoms. The van der Waals surface area contributed by atoms with Gasteiger partial charge in [0.1, 0.15) is 11.3 Å². The largest absolute Gasteiger partial charge is 0.452 e. The van der Waals surface area contributed by atoms with Gasteiger partial charge < -0.3 is 14.5 Å². The molecule has 9 heteroatoms. The lowest BCUT2D eigenvalue weighted by atomic mass is 9.84. The SMILES string of the molecule is CC(OC(=O)CSc1nc2ccccc2o1)C(=O)Nc1ccc2c(c1)C(=O)c1ccccc1C2=O. The van der Waals surface area contributed by atoms with Gasteiger partial charge in [-0.1, -0.05) is 48.2 Å². The van der Waals surface area contributed by atoms with E-state index in [0.29, 0.717) is 33.1 Å². The average Bonchev–Trinajstić information content (AvgIpc) is 3.29. The van der Waals surface area contributed by atoms with E-state index < -0.39 is 18.0 Å². The number of carbonyl (C=O) groups is 4. The number of thioether (sulfide) groups is 1. The molecular weight excluding hydrogens is 468 g/mol. The number of nitrogens with zero attached hydrogens (tertiary/aromatic N) is 1. The van der Waals surface area contributed by atoms with Gasteiger partial charge >= 0.3 is 5.97 Å². The van der Waals surface area contributed by atoms with Gasteiger partial charge in [-0.15, -0.1) is 0 Å². The number of amides is 1. The maximum absolute atomic E-state index is 12.9. The summed E-state index contributed by atoms with van der Waals surface area (Å²) in [4.78, 5) is 54.6. The van der Waals surface area contributed by atoms with Crippen LogP contribution in [0, 0.1) is 0 Å². The highest BCUT2D eigenvalue weighted by molar-refractivity contribution is 7.99. The third-order valence-electron chi connectivity index (χ3n) is 5.46. The number of ketones is 2. The number of fused-ring (bicyclic) bond motifs is 3. The Kier molecular flexibility index (Phi) is 5.92. The third-order valence-corrected chi connectivity index (χ3v) is 6.26. The molecule has 1 unspecified atom stereocenters. The number of carbonyl (C=O) groups excluding carboxylic acids is 4. The molecule has 0 saturated heterocycles. The van der Waals surface area contributed by atoms with Gasteiger partial charge in [0.25, 0.3) is 11.1 Å². The first-order chi connectivity index (χ1) is 16.9. The van der Waals surface area contributed by atoms with Crippen molar-refractivity contribution >= 4 is 52.0 Å². The molecule has 174 valence electrons. The fourth-order valence-electron chi connectivity index (χ4n) is 3.74. The number of hydrogen-bond donors (Lipinski definition) is 1. The first-order valence-corrected chi connectivity index (χ1v) is 11.7. The van der Waals surface area contributed by atoms with E-state index in [1.807, 2.05) is 12.1 Å². The van der Waals surface area contributed by atoms with Gasteiger partial charge in [-0.3, -0.25) is 19.2 Å². The maximum atomic E-state index is 12.9. The second-order valence-electron chi connectivity index (χ2n) is 7.82. The summed E-state index contributed by atoms with van der Waals surface area (Å²) in [5, 5.41) is 2.96. The number of hydrogen-bond acceptors (Lipinski definition) is 8. The van der Waals surface area contributed by atoms with E-state index in [0.717, 1.165) is 11.8 Å². The van der Waals surface area contributed by atoms with Crippen LogP contribution in [0.1, 0.15) is 38.8 Å². The molecular formula is C26H18N2O6S. The molecule has 0 radical (unpaired) electrons. The van der Waals surface area contributed by atoms with Crippen LogP contribution in [0.3, 0.4) is 0 Å². The number of esters is 1. The molecule has 0 saturated carbocycles. The van der Waals surface area contributed by atoms with Crippen LogP contribution < -0.4 is 5.32 Å². The van der Waals surface area contributed by atoms with Crippen LogP contribution >= 0.6 is 11.8 Å². The number of ether oxygens (including phenoxy) is 1. The Hall–Kier alpha value is -4.24. The van der Waals surface area contributed by atoms with Gasteiger partial charge in [0.2, 0.25) is 0 Å². The normalized spacial score (nSPS) is 13.2. The number of anilines is 1. The highest BCUT2D eigenvalue weighted by atomic mass is 32.2. The summed E-state index contributed by atoms with van der Waals surface area (Å²) in [6, 6.07) is 18.4. The quantitative estimate of drug-likeness (QED) is 0.280. The van der Waals surface area contributed by atoms with Crippen LogP contribution in [-0.2, 0) is 14.3 Å². The lowest BCUT2D eigenvalue weighted by Crippen LogP contribution is -2.30. The summed E-state index contributed by atoms with van der Waals surface area (Å²) in [6.45, 7) is 1.45. The molecule has 1 atom stereocenters. The second-order valence-corrected chi connectivity index (χ2v) is 8.75. The van der Waals surface area contributed by atoms with Crippen molar-refractivity contribution in [3.8, 4) is 0 Å². The van der Waals surface area contributed by atoms with Crippen molar-refractivity contribution in [2.24, 2.45) is 0 Å². The minimum atomic E-state index is -1.08. The Bertz CT molecular complexity index is 1480. The van der Waals surface area contributed by atoms with E-state index in [-0.39, 0.29) is 28.4 Å². The van der Waals surface area contributed by atoms with E-state index in [1.54, 1.807) is 36.4 Å². The van der Waals surface area contributed by atoms with Crippen molar-refractivity contribution in [2.75, 3.05) is 11.1 Å². The summed E-state index contributed by atoms with van der Waals surface area (Å²) >= 11 is 1.07. The summed E-state index contributed by atoms with van der Waals surface area (Å²) in [6.07, 6.45) is -1.08. The molecule has 8 nitrogen and oxygen atoms in total. The number of nitrogens with one attached hydrogen (secondary N) is 1. The molecule has 1 amide bonds. The first-order valence-electron chi connectivity index (χ1n) is 10.7. The van der Waals surface area contributed by atoms with Gasteiger partial charge in [-0.2, -0.15) is 0 Å². The number of benzene rings is 3. The van der Waals surface area contributed by atoms with Crippen molar-refractivity contribution in [3.63, 3.8) is 0 Å². The van der Waals surface area contributed by atoms with E-state index >= 15 is 0 Å². The molecule has 0 aliphatic heterocycles. The Morgan fingerprint density at radius 1 is 0.943 bits per heavy atom. The zero-order valence-electron chi connectivity index (χ0n) is 18.4. The average molecular weight is 487 g/mol. The fourth-order valence-corrected chi connectivity index (χ4v) is 4.36. The number of para-hydroxylation sites is 2. The predicted molar refractivity (Wildman–Crippen MR) is 129 cm³/mol. The zero-order valence-corrected chi connectivity index (χ0v) is 19.3. The topological polar surface area (TPSA) is 116 Å². The van der Waals surface area contributed by atoms with Gasteiger partial charge in [0, 0.05) is 27.9 Å². The highest BCUT2D eigenvalue weighted by Crippen LogP contribution is 2.29. The van der Waals surface area contributed by atoms with Crippen LogP contribution in [0.25, 0.3) is 11.1 Å². The Morgan fingerprint density at radius 3 is 2.34 bits per heavy atom. The van der Waals surface area contributed by atoms with Gasteiger partial charge in [0.05, 0.1) is 0 Å². The zero-order chi connectivity index (χ0) is 24.5. The molecule has 3 aromatic carbocycles. The lowest BCUT2D eigenvalue weighted by Gasteiger charge is -2.19. The molecule has 5 rings (SSSR count). The second kappa shape index (κ2) is 9.19. The number of aromatic nitrogens is 1. The first kappa shape index (κ1) is 22.5. The van der Waals surface area contributed by atoms with Gasteiger partial charge in [-0.05, 0) is 37.3 Å². The molecule has 0 fully saturated rings. The van der Waals surface area contributed by atoms with Crippen molar-refractivity contribution < 1.29 is 28.3 Å². The van der Waals surface area contributed by atoms with Crippen molar-refractivity contribution in [1.82, 2.24) is 4.98 Å². The fraction of sp³-hybridized carbons (Fsp3) is 0.115. The van der Waals surface area contributed by atoms with Crippen molar-refractivity contribution in [2.45, 2.75) is 18.3 Å². The lowest BCUT2D eigenvalue weighted by molar-refractivity contribution is -0.150. The third kappa shape index (κ3) is 4.45. The van der Waals surface area contributed by atoms with Gasteiger partial charge in [0.15, 0.2) is 23.3 Å². The Labute approximate surface area is 203 Å². The predicted octanol–water partition coefficient (Wildman–Crippen LogP) is 4.27. The summed E-state index contributed by atoms with van der Waals surface area (Å²) in [5.74, 6) is -1.80. The van der Waals surface area contributed by atoms with Crippen molar-refractivity contribution in [1.29, 1.82) is 0 Å². The van der Waals surface area contributed by atoms with Gasteiger partial charge in [-0.25, -0.2) is 4.98 Å². The van der Waals surface area contributed by atoms with E-state index in [4.69, 9.17) is 9.15 Å². The Morgan fingerprint density at radius 2 is 1.60 bits per heavy atom. The van der Waals surface area contributed by atoms with Crippen LogP contribution in [0.15, 0.2) is 76.4 Å². The van der Waals surface area contributed by atoms with Crippen LogP contribution in [-0.4, -0.2) is 40.3 Å². The van der Waals surface area contributed by atoms with E-state index in [9.17, 15) is 19.2 Å². The van der Waals surface area contributed by atoms with Crippen LogP contribution in [0.2, 0.25) is 0 Å². The summed E-state index contributed by atoms with van der Waals surface area (Å²) in [5.41, 5.74) is 2.80. The monoisotopic (exact) mass is 486 g/mol. The minimum Gasteiger partial charge on any atom is -0.452 e. The molecule has 0 bridgehead atoms. The molecule has 1 aromatic heterocycles. The number of rotatable bonds is 6. The summed E-state index contributed by atoms with van der Waals surface area (Å²) < 4.78 is 10.8. The van der Waals surface area contributed by atoms with Crippen molar-refractivity contribution in [3.05, 3.63) is 89.0 Å². The van der Waals surface area contributed by atoms with Crippen LogP contribution in [0.5, 0.6) is 0 Å². The maximum Gasteiger partial charge on any atom is 0.317 e. The molecule has 1 N–H and O–H groups in total. The standard InChI is InChI=1S/C26H18N2O6S/c1-14(33-22(29)13-35-26-28-20-8-4-5-9-21(20)34-26)25(32)27-15-10-11-18-19(12-15)24(31)17-7-3-2-6-16(17)23(18)30/h2-12,14H,13H2,1H3,(H,27,32).